The van der Waals surface area contributed by atoms with Gasteiger partial charge in [-0.3, -0.25) is 0 Å². The van der Waals surface area contributed by atoms with E-state index < -0.39 is 0 Å². The quantitative estimate of drug-likeness (QED) is 0.515. The zero-order valence-electron chi connectivity index (χ0n) is 8.43. The first-order valence-corrected chi connectivity index (χ1v) is 3.64. The van der Waals surface area contributed by atoms with Crippen LogP contribution in [-0.2, 0) is 28.1 Å². The number of hydrogen-bond acceptors (Lipinski definition) is 0. The predicted molar refractivity (Wildman–Crippen MR) is 53.5 cm³/mol. The fraction of sp³-hybridized carbons (Fsp3) is 0.364. The van der Waals surface area contributed by atoms with Crippen LogP contribution in [-0.4, -0.2) is 0 Å². The molecule has 0 fully saturated rings. The molecule has 0 aliphatic rings. The molecule has 0 amide bonds. The minimum absolute atomic E-state index is 0. The van der Waals surface area contributed by atoms with Crippen molar-refractivity contribution in [3.63, 3.8) is 0 Å². The Balaban J connectivity index is -0.000000270. The van der Waals surface area contributed by atoms with Crippen LogP contribution >= 0.6 is 0 Å². The molecule has 0 bridgehead atoms. The molecule has 0 saturated carbocycles. The van der Waals surface area contributed by atoms with Crippen molar-refractivity contribution in [2.45, 2.75) is 26.2 Å². The first kappa shape index (κ1) is 18.0. The molecule has 1 rings (SSSR count). The Kier molecular flexibility index (Phi) is 16.6. The van der Waals surface area contributed by atoms with Gasteiger partial charge in [0.05, 0.1) is 0 Å². The third-order valence-electron chi connectivity index (χ3n) is 1.55. The molecule has 0 unspecified atom stereocenters. The van der Waals surface area contributed by atoms with Gasteiger partial charge in [-0.1, -0.05) is 26.2 Å². The number of aryl methyl sites for hydroxylation is 1. The smallest absolute Gasteiger partial charge is 0.358 e. The molecule has 1 aromatic carbocycles. The molecule has 0 heterocycles. The van der Waals surface area contributed by atoms with Gasteiger partial charge in [0.25, 0.3) is 0 Å². The first-order chi connectivity index (χ1) is 4.43. The van der Waals surface area contributed by atoms with Crippen molar-refractivity contribution in [3.05, 3.63) is 44.7 Å². The molecule has 1 radical (unpaired) electrons. The van der Waals surface area contributed by atoms with Crippen molar-refractivity contribution in [1.29, 1.82) is 0 Å². The van der Waals surface area contributed by atoms with E-state index in [1.165, 1.54) is 24.8 Å². The summed E-state index contributed by atoms with van der Waals surface area (Å²) < 4.78 is 0. The topological polar surface area (TPSA) is 0 Å². The van der Waals surface area contributed by atoms with Crippen molar-refractivity contribution in [2.24, 2.45) is 0 Å². The van der Waals surface area contributed by atoms with Gasteiger partial charge < -0.3 is 14.9 Å². The minimum Gasteiger partial charge on any atom is -0.358 e. The van der Waals surface area contributed by atoms with Crippen molar-refractivity contribution in [1.82, 2.24) is 0 Å². The van der Waals surface area contributed by atoms with Gasteiger partial charge in [-0.05, 0) is 0 Å². The fourth-order valence-electron chi connectivity index (χ4n) is 0.961. The normalized spacial score (nSPS) is 7.42. The Morgan fingerprint density at radius 3 is 2.42 bits per heavy atom. The Labute approximate surface area is 92.6 Å². The van der Waals surface area contributed by atoms with E-state index in [9.17, 15) is 0 Å². The summed E-state index contributed by atoms with van der Waals surface area (Å²) in [6.07, 6.45) is 3.87. The van der Waals surface area contributed by atoms with Crippen LogP contribution in [0.15, 0.2) is 24.3 Å². The van der Waals surface area contributed by atoms with E-state index in [1.807, 2.05) is 0 Å². The van der Waals surface area contributed by atoms with Crippen molar-refractivity contribution in [2.75, 3.05) is 0 Å². The van der Waals surface area contributed by atoms with E-state index in [0.29, 0.717) is 0 Å². The Morgan fingerprint density at radius 1 is 1.33 bits per heavy atom. The van der Waals surface area contributed by atoms with Gasteiger partial charge in [0, 0.05) is 0 Å². The molecule has 12 heavy (non-hydrogen) atoms. The molecular weight excluding hydrogens is 180 g/mol. The van der Waals surface area contributed by atoms with Crippen LogP contribution in [0, 0.1) is 14.9 Å². The summed E-state index contributed by atoms with van der Waals surface area (Å²) in [5.41, 5.74) is 1.48. The van der Waals surface area contributed by atoms with Crippen LogP contribution < -0.4 is 0 Å². The molecule has 0 aliphatic heterocycles. The van der Waals surface area contributed by atoms with Crippen molar-refractivity contribution in [3.8, 4) is 0 Å². The molecule has 1 aromatic rings. The van der Waals surface area contributed by atoms with Gasteiger partial charge in [-0.2, -0.15) is 17.7 Å². The average Bonchev–Trinajstić information content (AvgIpc) is 2.34. The fourth-order valence-corrected chi connectivity index (χ4v) is 0.961. The SMILES string of the molecule is CCCCc1ccc[cH-]1.[CH3-].[CH3-].[Ti+3]. The summed E-state index contributed by atoms with van der Waals surface area (Å²) in [5.74, 6) is 0. The molecule has 0 aromatic heterocycles. The van der Waals surface area contributed by atoms with Crippen molar-refractivity contribution >= 4 is 0 Å². The van der Waals surface area contributed by atoms with E-state index in [-0.39, 0.29) is 36.6 Å². The largest absolute Gasteiger partial charge is 3.00 e. The molecule has 0 saturated heterocycles. The van der Waals surface area contributed by atoms with E-state index in [2.05, 4.69) is 31.2 Å². The predicted octanol–water partition coefficient (Wildman–Crippen LogP) is 3.65. The molecule has 0 atom stereocenters. The van der Waals surface area contributed by atoms with Crippen LogP contribution in [0.25, 0.3) is 0 Å². The summed E-state index contributed by atoms with van der Waals surface area (Å²) in [5, 5.41) is 0. The molecular formula is C11H19Ti. The number of hydrogen-bond donors (Lipinski definition) is 0. The zero-order chi connectivity index (χ0) is 6.53. The van der Waals surface area contributed by atoms with Gasteiger partial charge in [0.1, 0.15) is 0 Å². The van der Waals surface area contributed by atoms with E-state index in [0.717, 1.165) is 0 Å². The van der Waals surface area contributed by atoms with Gasteiger partial charge in [-0.15, -0.1) is 0 Å². The van der Waals surface area contributed by atoms with Crippen LogP contribution in [0.5, 0.6) is 0 Å². The van der Waals surface area contributed by atoms with Crippen LogP contribution in [0.4, 0.5) is 0 Å². The summed E-state index contributed by atoms with van der Waals surface area (Å²) in [6, 6.07) is 8.58. The maximum absolute atomic E-state index is 2.23. The summed E-state index contributed by atoms with van der Waals surface area (Å²) in [6.45, 7) is 2.23. The van der Waals surface area contributed by atoms with E-state index >= 15 is 0 Å². The van der Waals surface area contributed by atoms with Crippen LogP contribution in [0.1, 0.15) is 25.3 Å². The Morgan fingerprint density at radius 2 is 2.00 bits per heavy atom. The maximum Gasteiger partial charge on any atom is 3.00 e. The molecule has 67 valence electrons. The zero-order valence-corrected chi connectivity index (χ0v) is 9.99. The molecule has 0 nitrogen and oxygen atoms in total. The van der Waals surface area contributed by atoms with Crippen LogP contribution in [0.3, 0.4) is 0 Å². The van der Waals surface area contributed by atoms with Gasteiger partial charge in [0.15, 0.2) is 0 Å². The van der Waals surface area contributed by atoms with Gasteiger partial charge in [-0.25, -0.2) is 12.1 Å². The average molecular weight is 199 g/mol. The monoisotopic (exact) mass is 199 g/mol. The second-order valence-corrected chi connectivity index (χ2v) is 2.40. The second kappa shape index (κ2) is 11.1. The molecule has 0 aliphatic carbocycles. The minimum atomic E-state index is 0. The van der Waals surface area contributed by atoms with Gasteiger partial charge >= 0.3 is 21.7 Å². The number of rotatable bonds is 3. The summed E-state index contributed by atoms with van der Waals surface area (Å²) in [7, 11) is 0. The van der Waals surface area contributed by atoms with Crippen molar-refractivity contribution < 1.29 is 21.7 Å². The maximum atomic E-state index is 2.23. The Hall–Kier alpha value is 0.0643. The summed E-state index contributed by atoms with van der Waals surface area (Å²) in [4.78, 5) is 0. The van der Waals surface area contributed by atoms with E-state index in [1.54, 1.807) is 0 Å². The summed E-state index contributed by atoms with van der Waals surface area (Å²) >= 11 is 0. The first-order valence-electron chi connectivity index (χ1n) is 3.64. The molecule has 1 heteroatoms. The molecule has 0 N–H and O–H groups in total. The third kappa shape index (κ3) is 6.75. The van der Waals surface area contributed by atoms with Crippen LogP contribution in [0.2, 0.25) is 0 Å². The standard InChI is InChI=1S/C9H13.2CH3.Ti/c1-2-3-6-9-7-4-5-8-9;;;/h4-5,7-8H,2-3,6H2,1H3;2*1H3;/q3*-1;+3. The Bertz CT molecular complexity index is 142. The van der Waals surface area contributed by atoms with Gasteiger partial charge in [0.2, 0.25) is 0 Å². The molecule has 0 spiro atoms. The second-order valence-electron chi connectivity index (χ2n) is 2.40. The number of unbranched alkanes of at least 4 members (excludes halogenated alkanes) is 1. The third-order valence-corrected chi connectivity index (χ3v) is 1.55. The van der Waals surface area contributed by atoms with E-state index in [4.69, 9.17) is 0 Å².